The maximum absolute atomic E-state index is 12.8. The van der Waals surface area contributed by atoms with Gasteiger partial charge in [0.25, 0.3) is 6.01 Å². The fraction of sp³-hybridized carbons (Fsp3) is 0.310. The lowest BCUT2D eigenvalue weighted by Gasteiger charge is -2.22. The molecule has 0 saturated carbocycles. The van der Waals surface area contributed by atoms with Crippen LogP contribution in [0.5, 0.6) is 11.8 Å². The molecule has 0 spiro atoms. The predicted molar refractivity (Wildman–Crippen MR) is 158 cm³/mol. The van der Waals surface area contributed by atoms with Crippen LogP contribution in [0.25, 0.3) is 11.0 Å². The minimum absolute atomic E-state index is 0.0121. The highest BCUT2D eigenvalue weighted by atomic mass is 35.5. The molecule has 2 aromatic carbocycles. The van der Waals surface area contributed by atoms with E-state index in [0.29, 0.717) is 40.1 Å². The summed E-state index contributed by atoms with van der Waals surface area (Å²) in [7, 11) is 3.11. The summed E-state index contributed by atoms with van der Waals surface area (Å²) in [6.07, 6.45) is 1.04. The average molecular weight is 601 g/mol. The smallest absolute Gasteiger partial charge is 0.408 e. The molecule has 0 aliphatic carbocycles. The molecular weight excluding hydrogens is 569 g/mol. The minimum Gasteiger partial charge on any atom is -0.486 e. The van der Waals surface area contributed by atoms with Gasteiger partial charge >= 0.3 is 6.09 Å². The van der Waals surface area contributed by atoms with E-state index in [9.17, 15) is 9.59 Å². The normalized spacial score (nSPS) is 11.3. The quantitative estimate of drug-likeness (QED) is 0.256. The molecule has 0 atom stereocenters. The molecule has 0 aliphatic heterocycles. The van der Waals surface area contributed by atoms with E-state index in [1.54, 1.807) is 59.3 Å². The Morgan fingerprint density at radius 2 is 1.85 bits per heavy atom. The summed E-state index contributed by atoms with van der Waals surface area (Å²) in [5.74, 6) is 0.103. The van der Waals surface area contributed by atoms with Crippen LogP contribution >= 0.6 is 23.2 Å². The topological polar surface area (TPSA) is 108 Å². The van der Waals surface area contributed by atoms with Crippen molar-refractivity contribution in [2.45, 2.75) is 39.5 Å². The van der Waals surface area contributed by atoms with Crippen molar-refractivity contribution in [3.63, 3.8) is 0 Å². The zero-order chi connectivity index (χ0) is 29.7. The van der Waals surface area contributed by atoms with Gasteiger partial charge in [-0.05, 0) is 57.2 Å². The van der Waals surface area contributed by atoms with Crippen LogP contribution in [0.3, 0.4) is 0 Å². The summed E-state index contributed by atoms with van der Waals surface area (Å²) in [4.78, 5) is 35.1. The van der Waals surface area contributed by atoms with Crippen molar-refractivity contribution in [2.24, 2.45) is 0 Å². The number of anilines is 1. The summed E-state index contributed by atoms with van der Waals surface area (Å²) in [5.41, 5.74) is 2.47. The van der Waals surface area contributed by atoms with Gasteiger partial charge in [0.05, 0.1) is 35.6 Å². The van der Waals surface area contributed by atoms with Gasteiger partial charge in [-0.3, -0.25) is 14.3 Å². The number of hydrogen-bond acceptors (Lipinski definition) is 7. The third kappa shape index (κ3) is 7.20. The standard InChI is InChI=1S/C29H31Cl2N5O5/c1-29(2,3)41-28(38)33-15-24(37)35(4)21-13-12-20(30)19(25(21)31)17-40-23-11-8-10-22-26(23)34-27(39-5)36(22)16-18-9-6-7-14-32-18/h6-14H,15-17H2,1-5H3,(H,33,38). The maximum atomic E-state index is 12.8. The molecule has 2 amide bonds. The number of aromatic nitrogens is 3. The molecule has 12 heteroatoms. The number of carbonyl (C=O) groups excluding carboxylic acids is 2. The van der Waals surface area contributed by atoms with Gasteiger partial charge in [0.1, 0.15) is 30.0 Å². The van der Waals surface area contributed by atoms with Crippen LogP contribution in [0.2, 0.25) is 10.0 Å². The first-order valence-corrected chi connectivity index (χ1v) is 13.5. The molecule has 0 fully saturated rings. The molecule has 0 radical (unpaired) electrons. The third-order valence-electron chi connectivity index (χ3n) is 5.99. The predicted octanol–water partition coefficient (Wildman–Crippen LogP) is 5.86. The number of halogens is 2. The Kier molecular flexibility index (Phi) is 9.25. The lowest BCUT2D eigenvalue weighted by molar-refractivity contribution is -0.117. The number of pyridine rings is 1. The summed E-state index contributed by atoms with van der Waals surface area (Å²) < 4.78 is 18.8. The molecule has 4 rings (SSSR count). The van der Waals surface area contributed by atoms with E-state index >= 15 is 0 Å². The Labute approximate surface area is 248 Å². The van der Waals surface area contributed by atoms with Crippen LogP contribution in [-0.2, 0) is 22.7 Å². The van der Waals surface area contributed by atoms with Gasteiger partial charge in [-0.2, -0.15) is 4.98 Å². The van der Waals surface area contributed by atoms with Crippen molar-refractivity contribution >= 4 is 51.9 Å². The number of methoxy groups -OCH3 is 1. The number of ether oxygens (including phenoxy) is 3. The van der Waals surface area contributed by atoms with Crippen LogP contribution in [0, 0.1) is 0 Å². The zero-order valence-electron chi connectivity index (χ0n) is 23.4. The Morgan fingerprint density at radius 3 is 2.54 bits per heavy atom. The first-order valence-electron chi connectivity index (χ1n) is 12.7. The van der Waals surface area contributed by atoms with Crippen molar-refractivity contribution in [1.82, 2.24) is 19.9 Å². The number of carbonyl (C=O) groups is 2. The molecule has 216 valence electrons. The second kappa shape index (κ2) is 12.7. The zero-order valence-corrected chi connectivity index (χ0v) is 24.9. The fourth-order valence-electron chi connectivity index (χ4n) is 4.02. The molecule has 10 nitrogen and oxygen atoms in total. The lowest BCUT2D eigenvalue weighted by Crippen LogP contribution is -2.40. The van der Waals surface area contributed by atoms with Gasteiger partial charge in [-0.25, -0.2) is 4.79 Å². The summed E-state index contributed by atoms with van der Waals surface area (Å²) in [6.45, 7) is 5.42. The number of para-hydroxylation sites is 1. The van der Waals surface area contributed by atoms with Crippen LogP contribution < -0.4 is 19.7 Å². The largest absolute Gasteiger partial charge is 0.486 e. The molecular formula is C29H31Cl2N5O5. The molecule has 4 aromatic rings. The first-order chi connectivity index (χ1) is 19.5. The van der Waals surface area contributed by atoms with Gasteiger partial charge in [-0.1, -0.05) is 35.3 Å². The summed E-state index contributed by atoms with van der Waals surface area (Å²) in [6, 6.07) is 15.0. The molecule has 0 unspecified atom stereocenters. The maximum Gasteiger partial charge on any atom is 0.408 e. The number of alkyl carbamates (subject to hydrolysis) is 1. The number of benzene rings is 2. The van der Waals surface area contributed by atoms with Gasteiger partial charge in [0.2, 0.25) is 5.91 Å². The van der Waals surface area contributed by atoms with E-state index in [2.05, 4.69) is 15.3 Å². The number of nitrogens with one attached hydrogen (secondary N) is 1. The number of amides is 2. The van der Waals surface area contributed by atoms with E-state index in [0.717, 1.165) is 11.2 Å². The van der Waals surface area contributed by atoms with Crippen molar-refractivity contribution < 1.29 is 23.8 Å². The van der Waals surface area contributed by atoms with Crippen molar-refractivity contribution in [2.75, 3.05) is 25.6 Å². The van der Waals surface area contributed by atoms with E-state index in [4.69, 9.17) is 37.4 Å². The fourth-order valence-corrected chi connectivity index (χ4v) is 4.63. The number of imidazole rings is 1. The number of likely N-dealkylation sites (N-methyl/N-ethyl adjacent to an activating group) is 1. The van der Waals surface area contributed by atoms with Crippen LogP contribution in [0.15, 0.2) is 54.7 Å². The Hall–Kier alpha value is -4.02. The molecule has 0 saturated heterocycles. The molecule has 41 heavy (non-hydrogen) atoms. The molecule has 0 aliphatic rings. The Bertz CT molecular complexity index is 1550. The molecule has 0 bridgehead atoms. The average Bonchev–Trinajstić information content (AvgIpc) is 3.29. The monoisotopic (exact) mass is 599 g/mol. The second-order valence-electron chi connectivity index (χ2n) is 10.1. The van der Waals surface area contributed by atoms with E-state index in [1.165, 1.54) is 4.90 Å². The third-order valence-corrected chi connectivity index (χ3v) is 6.77. The molecule has 2 heterocycles. The van der Waals surface area contributed by atoms with Crippen molar-refractivity contribution in [3.8, 4) is 11.8 Å². The van der Waals surface area contributed by atoms with E-state index in [-0.39, 0.29) is 18.2 Å². The van der Waals surface area contributed by atoms with Crippen LogP contribution in [-0.4, -0.2) is 52.8 Å². The van der Waals surface area contributed by atoms with E-state index < -0.39 is 17.6 Å². The van der Waals surface area contributed by atoms with Crippen molar-refractivity contribution in [1.29, 1.82) is 0 Å². The lowest BCUT2D eigenvalue weighted by atomic mass is 10.2. The van der Waals surface area contributed by atoms with Gasteiger partial charge in [-0.15, -0.1) is 0 Å². The minimum atomic E-state index is -0.691. The Morgan fingerprint density at radius 1 is 1.07 bits per heavy atom. The molecule has 2 aromatic heterocycles. The number of fused-ring (bicyclic) bond motifs is 1. The Balaban J connectivity index is 1.53. The highest BCUT2D eigenvalue weighted by molar-refractivity contribution is 6.38. The van der Waals surface area contributed by atoms with E-state index in [1.807, 2.05) is 34.9 Å². The first kappa shape index (κ1) is 30.0. The van der Waals surface area contributed by atoms with Gasteiger partial charge < -0.3 is 24.4 Å². The van der Waals surface area contributed by atoms with Crippen molar-refractivity contribution in [3.05, 3.63) is 76.0 Å². The number of nitrogens with zero attached hydrogens (tertiary/aromatic N) is 4. The van der Waals surface area contributed by atoms with Gasteiger partial charge in [0, 0.05) is 23.8 Å². The van der Waals surface area contributed by atoms with Crippen LogP contribution in [0.4, 0.5) is 10.5 Å². The molecule has 1 N–H and O–H groups in total. The second-order valence-corrected chi connectivity index (χ2v) is 10.9. The summed E-state index contributed by atoms with van der Waals surface area (Å²) >= 11 is 13.2. The highest BCUT2D eigenvalue weighted by Gasteiger charge is 2.22. The van der Waals surface area contributed by atoms with Crippen LogP contribution in [0.1, 0.15) is 32.0 Å². The summed E-state index contributed by atoms with van der Waals surface area (Å²) in [5, 5.41) is 3.07. The number of hydrogen-bond donors (Lipinski definition) is 1. The highest BCUT2D eigenvalue weighted by Crippen LogP contribution is 2.36. The number of rotatable bonds is 9. The SMILES string of the molecule is COc1nc2c(OCc3c(Cl)ccc(N(C)C(=O)CNC(=O)OC(C)(C)C)c3Cl)cccc2n1Cc1ccccn1. The van der Waals surface area contributed by atoms with Gasteiger partial charge in [0.15, 0.2) is 0 Å².